The van der Waals surface area contributed by atoms with Crippen molar-refractivity contribution in [3.8, 4) is 5.75 Å². The lowest BCUT2D eigenvalue weighted by Gasteiger charge is -2.16. The lowest BCUT2D eigenvalue weighted by Crippen LogP contribution is -2.15. The highest BCUT2D eigenvalue weighted by atomic mass is 16.5. The summed E-state index contributed by atoms with van der Waals surface area (Å²) in [5.74, 6) is 1.00. The van der Waals surface area contributed by atoms with Crippen molar-refractivity contribution in [2.45, 2.75) is 32.8 Å². The molecule has 0 heterocycles. The molecule has 0 aliphatic rings. The third-order valence-electron chi connectivity index (χ3n) is 2.41. The van der Waals surface area contributed by atoms with E-state index in [1.165, 1.54) is 5.56 Å². The number of benzene rings is 1. The predicted molar refractivity (Wildman–Crippen MR) is 62.4 cm³/mol. The monoisotopic (exact) mass is 208 g/mol. The molecular weight excluding hydrogens is 188 g/mol. The SMILES string of the molecule is CCc1ccccc1OC(C)CCOC. The van der Waals surface area contributed by atoms with Crippen molar-refractivity contribution in [1.29, 1.82) is 0 Å². The van der Waals surface area contributed by atoms with Gasteiger partial charge in [0.1, 0.15) is 5.75 Å². The lowest BCUT2D eigenvalue weighted by atomic mass is 10.1. The molecule has 1 rings (SSSR count). The molecule has 2 nitrogen and oxygen atoms in total. The van der Waals surface area contributed by atoms with Crippen molar-refractivity contribution < 1.29 is 9.47 Å². The summed E-state index contributed by atoms with van der Waals surface area (Å²) in [5, 5.41) is 0. The van der Waals surface area contributed by atoms with Crippen LogP contribution in [-0.2, 0) is 11.2 Å². The van der Waals surface area contributed by atoms with Crippen LogP contribution in [0.15, 0.2) is 24.3 Å². The van der Waals surface area contributed by atoms with Crippen LogP contribution < -0.4 is 4.74 Å². The van der Waals surface area contributed by atoms with Crippen LogP contribution in [-0.4, -0.2) is 19.8 Å². The standard InChI is InChI=1S/C13H20O2/c1-4-12-7-5-6-8-13(12)15-11(2)9-10-14-3/h5-8,11H,4,9-10H2,1-3H3. The molecule has 0 bridgehead atoms. The Labute approximate surface area is 92.2 Å². The van der Waals surface area contributed by atoms with E-state index in [1.807, 2.05) is 18.2 Å². The van der Waals surface area contributed by atoms with Gasteiger partial charge in [-0.1, -0.05) is 25.1 Å². The lowest BCUT2D eigenvalue weighted by molar-refractivity contribution is 0.134. The van der Waals surface area contributed by atoms with Crippen molar-refractivity contribution in [2.24, 2.45) is 0 Å². The Kier molecular flexibility index (Phi) is 5.19. The number of hydrogen-bond acceptors (Lipinski definition) is 2. The highest BCUT2D eigenvalue weighted by molar-refractivity contribution is 5.33. The second-order valence-corrected chi connectivity index (χ2v) is 3.67. The van der Waals surface area contributed by atoms with Gasteiger partial charge in [-0.3, -0.25) is 0 Å². The molecule has 1 aromatic rings. The van der Waals surface area contributed by atoms with Gasteiger partial charge < -0.3 is 9.47 Å². The van der Waals surface area contributed by atoms with Gasteiger partial charge in [0.2, 0.25) is 0 Å². The first kappa shape index (κ1) is 12.1. The number of methoxy groups -OCH3 is 1. The molecule has 0 saturated carbocycles. The van der Waals surface area contributed by atoms with Crippen LogP contribution in [0.5, 0.6) is 5.75 Å². The summed E-state index contributed by atoms with van der Waals surface area (Å²) in [7, 11) is 1.71. The molecule has 0 aromatic heterocycles. The van der Waals surface area contributed by atoms with Gasteiger partial charge in [-0.15, -0.1) is 0 Å². The summed E-state index contributed by atoms with van der Waals surface area (Å²) in [5.41, 5.74) is 1.27. The third kappa shape index (κ3) is 3.92. The van der Waals surface area contributed by atoms with Crippen LogP contribution in [0.25, 0.3) is 0 Å². The molecule has 2 heteroatoms. The van der Waals surface area contributed by atoms with Gasteiger partial charge >= 0.3 is 0 Å². The minimum atomic E-state index is 0.206. The van der Waals surface area contributed by atoms with Crippen LogP contribution in [0.3, 0.4) is 0 Å². The van der Waals surface area contributed by atoms with Gasteiger partial charge in [-0.05, 0) is 25.0 Å². The van der Waals surface area contributed by atoms with Crippen molar-refractivity contribution in [1.82, 2.24) is 0 Å². The quantitative estimate of drug-likeness (QED) is 0.715. The van der Waals surface area contributed by atoms with E-state index in [9.17, 15) is 0 Å². The summed E-state index contributed by atoms with van der Waals surface area (Å²) in [6.07, 6.45) is 2.14. The summed E-state index contributed by atoms with van der Waals surface area (Å²) >= 11 is 0. The Balaban J connectivity index is 2.55. The van der Waals surface area contributed by atoms with Gasteiger partial charge in [0.25, 0.3) is 0 Å². The summed E-state index contributed by atoms with van der Waals surface area (Å²) in [6.45, 7) is 4.96. The number of para-hydroxylation sites is 1. The maximum Gasteiger partial charge on any atom is 0.122 e. The van der Waals surface area contributed by atoms with Crippen molar-refractivity contribution in [2.75, 3.05) is 13.7 Å². The second kappa shape index (κ2) is 6.46. The normalized spacial score (nSPS) is 12.5. The van der Waals surface area contributed by atoms with Crippen LogP contribution in [0.2, 0.25) is 0 Å². The minimum Gasteiger partial charge on any atom is -0.490 e. The van der Waals surface area contributed by atoms with E-state index in [2.05, 4.69) is 19.9 Å². The van der Waals surface area contributed by atoms with Gasteiger partial charge in [0, 0.05) is 20.1 Å². The smallest absolute Gasteiger partial charge is 0.122 e. The first-order valence-corrected chi connectivity index (χ1v) is 5.51. The van der Waals surface area contributed by atoms with Crippen molar-refractivity contribution >= 4 is 0 Å². The molecule has 0 spiro atoms. The zero-order valence-electron chi connectivity index (χ0n) is 9.82. The number of aryl methyl sites for hydroxylation is 1. The first-order chi connectivity index (χ1) is 7.27. The van der Waals surface area contributed by atoms with Gasteiger partial charge in [0.05, 0.1) is 6.10 Å². The van der Waals surface area contributed by atoms with Gasteiger partial charge in [0.15, 0.2) is 0 Å². The third-order valence-corrected chi connectivity index (χ3v) is 2.41. The second-order valence-electron chi connectivity index (χ2n) is 3.67. The Bertz CT molecular complexity index is 284. The zero-order valence-corrected chi connectivity index (χ0v) is 9.82. The van der Waals surface area contributed by atoms with E-state index in [1.54, 1.807) is 7.11 Å². The fraction of sp³-hybridized carbons (Fsp3) is 0.538. The fourth-order valence-electron chi connectivity index (χ4n) is 1.47. The average Bonchev–Trinajstić information content (AvgIpc) is 2.27. The number of hydrogen-bond donors (Lipinski definition) is 0. The molecule has 0 radical (unpaired) electrons. The Hall–Kier alpha value is -1.02. The van der Waals surface area contributed by atoms with Crippen molar-refractivity contribution in [3.05, 3.63) is 29.8 Å². The van der Waals surface area contributed by atoms with Crippen LogP contribution in [0.1, 0.15) is 25.8 Å². The number of rotatable bonds is 6. The molecule has 84 valence electrons. The molecule has 0 aliphatic carbocycles. The number of ether oxygens (including phenoxy) is 2. The molecule has 0 saturated heterocycles. The molecule has 0 N–H and O–H groups in total. The van der Waals surface area contributed by atoms with E-state index in [-0.39, 0.29) is 6.10 Å². The maximum atomic E-state index is 5.86. The van der Waals surface area contributed by atoms with Crippen LogP contribution >= 0.6 is 0 Å². The van der Waals surface area contributed by atoms with Crippen LogP contribution in [0.4, 0.5) is 0 Å². The van der Waals surface area contributed by atoms with Crippen LogP contribution in [0, 0.1) is 0 Å². The Morgan fingerprint density at radius 1 is 1.27 bits per heavy atom. The molecular formula is C13H20O2. The molecule has 15 heavy (non-hydrogen) atoms. The molecule has 0 amide bonds. The summed E-state index contributed by atoms with van der Waals surface area (Å²) < 4.78 is 10.9. The Morgan fingerprint density at radius 3 is 2.67 bits per heavy atom. The van der Waals surface area contributed by atoms with Gasteiger partial charge in [-0.2, -0.15) is 0 Å². The van der Waals surface area contributed by atoms with E-state index in [4.69, 9.17) is 9.47 Å². The van der Waals surface area contributed by atoms with E-state index in [0.29, 0.717) is 0 Å². The summed E-state index contributed by atoms with van der Waals surface area (Å²) in [4.78, 5) is 0. The molecule has 1 aromatic carbocycles. The maximum absolute atomic E-state index is 5.86. The average molecular weight is 208 g/mol. The zero-order chi connectivity index (χ0) is 11.1. The molecule has 0 aliphatic heterocycles. The van der Waals surface area contributed by atoms with E-state index >= 15 is 0 Å². The highest BCUT2D eigenvalue weighted by Crippen LogP contribution is 2.20. The van der Waals surface area contributed by atoms with Crippen molar-refractivity contribution in [3.63, 3.8) is 0 Å². The largest absolute Gasteiger partial charge is 0.490 e. The van der Waals surface area contributed by atoms with E-state index < -0.39 is 0 Å². The topological polar surface area (TPSA) is 18.5 Å². The van der Waals surface area contributed by atoms with Gasteiger partial charge in [-0.25, -0.2) is 0 Å². The fourth-order valence-corrected chi connectivity index (χ4v) is 1.47. The summed E-state index contributed by atoms with van der Waals surface area (Å²) in [6, 6.07) is 8.20. The molecule has 0 fully saturated rings. The molecule has 1 atom stereocenters. The Morgan fingerprint density at radius 2 is 2.00 bits per heavy atom. The predicted octanol–water partition coefficient (Wildman–Crippen LogP) is 3.05. The van der Waals surface area contributed by atoms with E-state index in [0.717, 1.165) is 25.2 Å². The highest BCUT2D eigenvalue weighted by Gasteiger charge is 2.06. The minimum absolute atomic E-state index is 0.206. The molecule has 1 unspecified atom stereocenters. The first-order valence-electron chi connectivity index (χ1n) is 5.51.